The summed E-state index contributed by atoms with van der Waals surface area (Å²) in [7, 11) is -22.7. The number of aromatic nitrogens is 1. The van der Waals surface area contributed by atoms with Crippen LogP contribution in [-0.2, 0) is 94.6 Å². The van der Waals surface area contributed by atoms with Gasteiger partial charge in [0.05, 0.1) is 103 Å². The lowest BCUT2D eigenvalue weighted by molar-refractivity contribution is -0.437. The Hall–Kier alpha value is -6.65. The molecule has 0 radical (unpaired) electrons. The number of aromatic hydroxyl groups is 2. The first kappa shape index (κ1) is 71.2. The van der Waals surface area contributed by atoms with E-state index in [1.165, 1.54) is 50.6 Å². The summed E-state index contributed by atoms with van der Waals surface area (Å²) >= 11 is 0. The van der Waals surface area contributed by atoms with E-state index in [0.29, 0.717) is 30.1 Å². The zero-order valence-electron chi connectivity index (χ0n) is 49.9. The molecular formula is C57H68N3O27S5+. The van der Waals surface area contributed by atoms with Gasteiger partial charge in [-0.25, -0.2) is 4.79 Å². The largest absolute Gasteiger partial charge is 0.492 e. The van der Waals surface area contributed by atoms with Gasteiger partial charge in [-0.05, 0) is 85.0 Å². The molecule has 35 heteroatoms. The van der Waals surface area contributed by atoms with Gasteiger partial charge in [-0.15, -0.1) is 4.73 Å². The predicted octanol–water partition coefficient (Wildman–Crippen LogP) is 1.41. The van der Waals surface area contributed by atoms with Crippen LogP contribution in [0.4, 0.5) is 11.4 Å². The van der Waals surface area contributed by atoms with Gasteiger partial charge < -0.3 is 48.4 Å². The number of hydrogen-bond donors (Lipinski definition) is 7. The number of methoxy groups -OCH3 is 2. The van der Waals surface area contributed by atoms with Gasteiger partial charge in [0.2, 0.25) is 28.3 Å². The van der Waals surface area contributed by atoms with Crippen molar-refractivity contribution in [1.29, 1.82) is 0 Å². The van der Waals surface area contributed by atoms with Crippen LogP contribution < -0.4 is 31.0 Å². The minimum Gasteiger partial charge on any atom is -0.492 e. The maximum atomic E-state index is 15.1. The molecule has 3 heterocycles. The molecule has 7 N–H and O–H groups in total. The fraction of sp³-hybridized carbons (Fsp3) is 0.439. The van der Waals surface area contributed by atoms with E-state index in [1.807, 2.05) is 0 Å². The van der Waals surface area contributed by atoms with Crippen LogP contribution in [0.5, 0.6) is 11.8 Å². The van der Waals surface area contributed by atoms with Gasteiger partial charge in [0.25, 0.3) is 50.6 Å². The Bertz CT molecular complexity index is 4630. The summed E-state index contributed by atoms with van der Waals surface area (Å²) in [6.45, 7) is 3.98. The Balaban J connectivity index is 1.34. The second-order valence-electron chi connectivity index (χ2n) is 22.1. The molecule has 30 nitrogen and oxygen atoms in total. The highest BCUT2D eigenvalue weighted by Gasteiger charge is 2.51. The van der Waals surface area contributed by atoms with E-state index in [4.69, 9.17) is 33.3 Å². The van der Waals surface area contributed by atoms with Crippen molar-refractivity contribution in [1.82, 2.24) is 4.73 Å². The summed E-state index contributed by atoms with van der Waals surface area (Å²) in [5, 5.41) is 18.6. The van der Waals surface area contributed by atoms with E-state index in [2.05, 4.69) is 0 Å². The zero-order chi connectivity index (χ0) is 67.5. The van der Waals surface area contributed by atoms with Crippen LogP contribution in [-0.4, -0.2) is 201 Å². The molecule has 0 spiro atoms. The molecule has 92 heavy (non-hydrogen) atoms. The second kappa shape index (κ2) is 28.1. The summed E-state index contributed by atoms with van der Waals surface area (Å²) in [5.41, 5.74) is -4.29. The summed E-state index contributed by atoms with van der Waals surface area (Å²) in [6, 6.07) is 9.21. The molecule has 0 saturated heterocycles. The van der Waals surface area contributed by atoms with Crippen molar-refractivity contribution in [2.75, 3.05) is 104 Å². The number of fused-ring (bicyclic) bond motifs is 6. The standard InChI is InChI=1S/C57H67N3O27S5/c1-56(14-6-28-88(66,67)68)47(59(17-19-84-22-20-81-3)44-11-9-37-39(52(44)56)29-35(89(69,70)71)31-45(37)91(75,76)77)33-41-54(64)42(55(41)65)34-48-57(2,15-18-83-24-25-86-27-26-85-23-21-82-4)53-40-30-36(90(72,73)74)32-46(92(78,79)80)38(40)8-10-43(53)58(48)16-5-7-51(63)87-60-49(61)12-13-50(60)62/h8-13,29-34,47H,5-7,14-28H2,1-4H3,(H6,64,65,66,67,68,69,70,71,72,73,74,75,76,77,78,79,80)/p+1. The molecule has 6 aromatic rings. The topological polar surface area (TPSA) is 439 Å². The van der Waals surface area contributed by atoms with Gasteiger partial charge in [0.1, 0.15) is 16.3 Å². The van der Waals surface area contributed by atoms with Crippen LogP contribution in [0.3, 0.4) is 0 Å². The first-order valence-corrected chi connectivity index (χ1v) is 35.6. The number of hydrogen-bond acceptors (Lipinski definition) is 23. The Morgan fingerprint density at radius 3 is 1.60 bits per heavy atom. The summed E-state index contributed by atoms with van der Waals surface area (Å²) in [5.74, 6) is -3.06. The van der Waals surface area contributed by atoms with E-state index < -0.39 is 138 Å². The predicted molar refractivity (Wildman–Crippen MR) is 328 cm³/mol. The minimum atomic E-state index is -5.27. The Morgan fingerprint density at radius 1 is 0.587 bits per heavy atom. The summed E-state index contributed by atoms with van der Waals surface area (Å²) in [4.78, 5) is 46.6. The Kier molecular flexibility index (Phi) is 21.8. The molecule has 3 unspecified atom stereocenters. The molecule has 0 bridgehead atoms. The van der Waals surface area contributed by atoms with Crippen molar-refractivity contribution in [2.24, 2.45) is 0 Å². The maximum absolute atomic E-state index is 15.1. The second-order valence-corrected chi connectivity index (χ2v) is 29.3. The highest BCUT2D eigenvalue weighted by Crippen LogP contribution is 2.53. The fourth-order valence-corrected chi connectivity index (χ4v) is 15.0. The smallest absolute Gasteiger partial charge is 0.333 e. The summed E-state index contributed by atoms with van der Waals surface area (Å²) < 4.78 is 215. The first-order chi connectivity index (χ1) is 43.1. The highest BCUT2D eigenvalue weighted by atomic mass is 32.2. The van der Waals surface area contributed by atoms with Crippen LogP contribution in [0, 0.1) is 0 Å². The third-order valence-corrected chi connectivity index (χ3v) is 20.3. The SMILES string of the molecule is COCCOCCOCCOCCC1(C)C(C=c2c(=O)c(=CC3N(CCOCCOC)c4ccc5c(S(=O)(=O)O)cc(S(=O)(=O)O)cc5c4C3(C)CCCS(=O)(=O)O)c2=O)=[N+](CCCC(=O)On2c(O)ccc2O)c2ccc3c(S(=O)(=O)O)cc(S(=O)(=O)O)cc3c21. The molecule has 2 aliphatic rings. The maximum Gasteiger partial charge on any atom is 0.333 e. The van der Waals surface area contributed by atoms with Gasteiger partial charge in [0.15, 0.2) is 5.71 Å². The zero-order valence-corrected chi connectivity index (χ0v) is 54.0. The average molecular weight is 1390 g/mol. The van der Waals surface area contributed by atoms with Crippen molar-refractivity contribution < 1.29 is 118 Å². The summed E-state index contributed by atoms with van der Waals surface area (Å²) in [6.07, 6.45) is 1.22. The van der Waals surface area contributed by atoms with Crippen LogP contribution >= 0.6 is 0 Å². The monoisotopic (exact) mass is 1390 g/mol. The average Bonchev–Trinajstić information content (AvgIpc) is 1.53. The molecule has 3 atom stereocenters. The van der Waals surface area contributed by atoms with Gasteiger partial charge in [-0.3, -0.25) is 32.4 Å². The number of nitrogens with zero attached hydrogens (tertiary/aromatic N) is 3. The lowest BCUT2D eigenvalue weighted by Gasteiger charge is -2.35. The van der Waals surface area contributed by atoms with E-state index >= 15 is 9.59 Å². The molecule has 0 saturated carbocycles. The molecule has 2 aliphatic heterocycles. The Labute approximate surface area is 527 Å². The van der Waals surface area contributed by atoms with Crippen LogP contribution in [0.1, 0.15) is 57.1 Å². The fourth-order valence-electron chi connectivity index (χ4n) is 11.9. The van der Waals surface area contributed by atoms with Gasteiger partial charge in [-0.1, -0.05) is 13.0 Å². The lowest BCUT2D eigenvalue weighted by Crippen LogP contribution is -2.66. The number of rotatable bonds is 33. The van der Waals surface area contributed by atoms with Crippen molar-refractivity contribution in [3.63, 3.8) is 0 Å². The molecule has 8 rings (SSSR count). The number of carbonyl (C=O) groups excluding carboxylic acids is 1. The van der Waals surface area contributed by atoms with E-state index in [9.17, 15) is 79.9 Å². The molecule has 0 fully saturated rings. The van der Waals surface area contributed by atoms with Gasteiger partial charge >= 0.3 is 5.97 Å². The minimum absolute atomic E-state index is 0.00845. The highest BCUT2D eigenvalue weighted by molar-refractivity contribution is 7.87. The van der Waals surface area contributed by atoms with Crippen molar-refractivity contribution >= 4 is 107 Å². The van der Waals surface area contributed by atoms with E-state index in [0.717, 1.165) is 24.3 Å². The van der Waals surface area contributed by atoms with Crippen molar-refractivity contribution in [3.8, 4) is 11.8 Å². The molecule has 5 aromatic carbocycles. The molecule has 1 aromatic heterocycles. The molecule has 0 aliphatic carbocycles. The molecular weight excluding hydrogens is 1320 g/mol. The number of ether oxygens (including phenoxy) is 6. The number of benzene rings is 4. The lowest BCUT2D eigenvalue weighted by atomic mass is 9.73. The third-order valence-electron chi connectivity index (χ3n) is 16.1. The van der Waals surface area contributed by atoms with Crippen LogP contribution in [0.2, 0.25) is 0 Å². The normalized spacial score (nSPS) is 17.9. The van der Waals surface area contributed by atoms with Gasteiger partial charge in [-0.2, -0.15) is 46.7 Å². The quantitative estimate of drug-likeness (QED) is 0.0174. The van der Waals surface area contributed by atoms with Gasteiger partial charge in [0, 0.05) is 85.5 Å². The third kappa shape index (κ3) is 15.4. The van der Waals surface area contributed by atoms with Crippen LogP contribution in [0.25, 0.3) is 33.7 Å². The van der Waals surface area contributed by atoms with E-state index in [1.54, 1.807) is 23.3 Å². The Morgan fingerprint density at radius 2 is 1.09 bits per heavy atom. The van der Waals surface area contributed by atoms with Crippen molar-refractivity contribution in [2.45, 2.75) is 82.4 Å². The van der Waals surface area contributed by atoms with Crippen molar-refractivity contribution in [3.05, 3.63) is 103 Å². The number of anilines is 1. The first-order valence-electron chi connectivity index (χ1n) is 28.2. The van der Waals surface area contributed by atoms with Crippen LogP contribution in [0.15, 0.2) is 89.8 Å². The van der Waals surface area contributed by atoms with E-state index in [-0.39, 0.29) is 141 Å². The number of carbonyl (C=O) groups is 1. The molecule has 502 valence electrons. The molecule has 0 amide bonds.